The summed E-state index contributed by atoms with van der Waals surface area (Å²) in [5, 5.41) is 27.6. The zero-order valence-electron chi connectivity index (χ0n) is 17.1. The molecule has 32 heavy (non-hydrogen) atoms. The number of urea groups is 1. The molecule has 0 saturated heterocycles. The number of phenolic OH excluding ortho intramolecular Hbond substituents is 1. The maximum Gasteiger partial charge on any atom is 0.320 e. The lowest BCUT2D eigenvalue weighted by atomic mass is 9.88. The third-order valence-corrected chi connectivity index (χ3v) is 5.01. The SMILES string of the molecule is CCOc1cc(C2NC(=O)NC(c3ccccc3)=C2c2cccnc2)cc([N+](=O)[O-])c1O. The minimum Gasteiger partial charge on any atom is -0.500 e. The zero-order chi connectivity index (χ0) is 22.7. The highest BCUT2D eigenvalue weighted by atomic mass is 16.6. The van der Waals surface area contributed by atoms with E-state index in [0.717, 1.165) is 11.1 Å². The van der Waals surface area contributed by atoms with Crippen LogP contribution >= 0.6 is 0 Å². The lowest BCUT2D eigenvalue weighted by Gasteiger charge is -2.31. The number of aromatic hydroxyl groups is 1. The normalized spacial score (nSPS) is 15.7. The summed E-state index contributed by atoms with van der Waals surface area (Å²) >= 11 is 0. The maximum atomic E-state index is 12.6. The summed E-state index contributed by atoms with van der Waals surface area (Å²) < 4.78 is 5.43. The van der Waals surface area contributed by atoms with E-state index in [-0.39, 0.29) is 12.4 Å². The van der Waals surface area contributed by atoms with E-state index in [0.29, 0.717) is 16.8 Å². The topological polar surface area (TPSA) is 127 Å². The molecule has 3 aromatic rings. The van der Waals surface area contributed by atoms with E-state index >= 15 is 0 Å². The molecule has 9 heteroatoms. The summed E-state index contributed by atoms with van der Waals surface area (Å²) in [5.74, 6) is -0.590. The number of aromatic nitrogens is 1. The number of hydrogen-bond donors (Lipinski definition) is 3. The number of carbonyl (C=O) groups is 1. The van der Waals surface area contributed by atoms with Crippen molar-refractivity contribution in [3.63, 3.8) is 0 Å². The Morgan fingerprint density at radius 2 is 1.91 bits per heavy atom. The molecule has 0 spiro atoms. The van der Waals surface area contributed by atoms with E-state index < -0.39 is 28.4 Å². The van der Waals surface area contributed by atoms with Crippen LogP contribution in [0, 0.1) is 10.1 Å². The van der Waals surface area contributed by atoms with E-state index in [9.17, 15) is 20.0 Å². The Labute approximate surface area is 183 Å². The van der Waals surface area contributed by atoms with Gasteiger partial charge in [-0.15, -0.1) is 0 Å². The number of carbonyl (C=O) groups excluding carboxylic acids is 1. The predicted molar refractivity (Wildman–Crippen MR) is 118 cm³/mol. The minimum absolute atomic E-state index is 0.0312. The molecule has 0 aliphatic carbocycles. The molecule has 0 saturated carbocycles. The molecular weight excluding hydrogens is 412 g/mol. The smallest absolute Gasteiger partial charge is 0.320 e. The summed E-state index contributed by atoms with van der Waals surface area (Å²) in [7, 11) is 0. The first-order valence-electron chi connectivity index (χ1n) is 9.91. The van der Waals surface area contributed by atoms with E-state index in [4.69, 9.17) is 4.74 Å². The van der Waals surface area contributed by atoms with Crippen molar-refractivity contribution in [2.45, 2.75) is 13.0 Å². The molecule has 1 aromatic heterocycles. The number of hydrogen-bond acceptors (Lipinski definition) is 6. The first-order chi connectivity index (χ1) is 15.5. The van der Waals surface area contributed by atoms with Gasteiger partial charge in [-0.3, -0.25) is 15.1 Å². The van der Waals surface area contributed by atoms with Crippen LogP contribution in [0.1, 0.15) is 29.7 Å². The number of phenols is 1. The second kappa shape index (κ2) is 8.76. The van der Waals surface area contributed by atoms with Crippen LogP contribution in [0.5, 0.6) is 11.5 Å². The monoisotopic (exact) mass is 432 g/mol. The lowest BCUT2D eigenvalue weighted by molar-refractivity contribution is -0.386. The predicted octanol–water partition coefficient (Wildman–Crippen LogP) is 4.02. The number of nitro benzene ring substituents is 1. The maximum absolute atomic E-state index is 12.6. The first kappa shape index (κ1) is 20.9. The minimum atomic E-state index is -0.762. The van der Waals surface area contributed by atoms with Crippen LogP contribution in [0.3, 0.4) is 0 Å². The van der Waals surface area contributed by atoms with Gasteiger partial charge in [0.1, 0.15) is 0 Å². The number of ether oxygens (including phenoxy) is 1. The highest BCUT2D eigenvalue weighted by molar-refractivity contribution is 6.03. The summed E-state index contributed by atoms with van der Waals surface area (Å²) in [6, 6.07) is 14.4. The van der Waals surface area contributed by atoms with Gasteiger partial charge < -0.3 is 20.5 Å². The highest BCUT2D eigenvalue weighted by Gasteiger charge is 2.33. The Bertz CT molecular complexity index is 1200. The highest BCUT2D eigenvalue weighted by Crippen LogP contribution is 2.43. The molecule has 3 N–H and O–H groups in total. The van der Waals surface area contributed by atoms with Gasteiger partial charge in [-0.25, -0.2) is 4.79 Å². The van der Waals surface area contributed by atoms with Crippen molar-refractivity contribution in [1.82, 2.24) is 15.6 Å². The van der Waals surface area contributed by atoms with Crippen LogP contribution in [0.4, 0.5) is 10.5 Å². The van der Waals surface area contributed by atoms with Crippen molar-refractivity contribution in [3.8, 4) is 11.5 Å². The molecule has 0 fully saturated rings. The Morgan fingerprint density at radius 1 is 1.16 bits per heavy atom. The number of amides is 2. The third-order valence-electron chi connectivity index (χ3n) is 5.01. The fourth-order valence-electron chi connectivity index (χ4n) is 3.67. The van der Waals surface area contributed by atoms with Crippen molar-refractivity contribution < 1.29 is 19.6 Å². The number of rotatable bonds is 6. The standard InChI is InChI=1S/C23H20N4O5/c1-2-32-18-12-16(11-17(22(18)28)27(30)31)21-19(15-9-6-10-24-13-15)20(25-23(29)26-21)14-7-4-3-5-8-14/h3-13,21,28H,2H2,1H3,(H2,25,26,29). The van der Waals surface area contributed by atoms with E-state index in [1.165, 1.54) is 12.1 Å². The van der Waals surface area contributed by atoms with Gasteiger partial charge in [0, 0.05) is 29.6 Å². The second-order valence-corrected chi connectivity index (χ2v) is 7.00. The Kier molecular flexibility index (Phi) is 5.71. The second-order valence-electron chi connectivity index (χ2n) is 7.00. The number of nitrogens with one attached hydrogen (secondary N) is 2. The molecule has 1 unspecified atom stereocenters. The van der Waals surface area contributed by atoms with Crippen LogP contribution in [-0.2, 0) is 0 Å². The average Bonchev–Trinajstić information content (AvgIpc) is 2.81. The molecule has 162 valence electrons. The third kappa shape index (κ3) is 3.95. The Morgan fingerprint density at radius 3 is 2.56 bits per heavy atom. The molecule has 4 rings (SSSR count). The summed E-state index contributed by atoms with van der Waals surface area (Å²) in [6.07, 6.45) is 3.29. The summed E-state index contributed by atoms with van der Waals surface area (Å²) in [6.45, 7) is 1.91. The fourth-order valence-corrected chi connectivity index (χ4v) is 3.67. The fraction of sp³-hybridized carbons (Fsp3) is 0.130. The van der Waals surface area contributed by atoms with Crippen LogP contribution in [0.2, 0.25) is 0 Å². The summed E-state index contributed by atoms with van der Waals surface area (Å²) in [4.78, 5) is 27.7. The van der Waals surface area contributed by atoms with Gasteiger partial charge in [0.05, 0.1) is 23.3 Å². The van der Waals surface area contributed by atoms with Gasteiger partial charge in [0.15, 0.2) is 5.75 Å². The van der Waals surface area contributed by atoms with Crippen molar-refractivity contribution in [2.75, 3.05) is 6.61 Å². The number of nitrogens with zero attached hydrogens (tertiary/aromatic N) is 2. The van der Waals surface area contributed by atoms with Crippen molar-refractivity contribution in [2.24, 2.45) is 0 Å². The molecule has 9 nitrogen and oxygen atoms in total. The Hall–Kier alpha value is -4.40. The van der Waals surface area contributed by atoms with E-state index in [2.05, 4.69) is 15.6 Å². The molecular formula is C23H20N4O5. The van der Waals surface area contributed by atoms with Gasteiger partial charge in [-0.05, 0) is 30.2 Å². The van der Waals surface area contributed by atoms with Crippen LogP contribution in [-0.4, -0.2) is 27.7 Å². The quantitative estimate of drug-likeness (QED) is 0.399. The number of pyridine rings is 1. The Balaban J connectivity index is 1.98. The van der Waals surface area contributed by atoms with Crippen molar-refractivity contribution in [3.05, 3.63) is 93.8 Å². The largest absolute Gasteiger partial charge is 0.500 e. The molecule has 1 atom stereocenters. The van der Waals surface area contributed by atoms with Gasteiger partial charge in [0.25, 0.3) is 0 Å². The molecule has 1 aliphatic rings. The van der Waals surface area contributed by atoms with Gasteiger partial charge in [-0.1, -0.05) is 36.4 Å². The molecule has 2 aromatic carbocycles. The van der Waals surface area contributed by atoms with Crippen molar-refractivity contribution >= 4 is 23.0 Å². The summed E-state index contributed by atoms with van der Waals surface area (Å²) in [5.41, 5.74) is 2.60. The number of nitro groups is 1. The van der Waals surface area contributed by atoms with Crippen LogP contribution in [0.15, 0.2) is 67.0 Å². The van der Waals surface area contributed by atoms with Crippen LogP contribution in [0.25, 0.3) is 11.3 Å². The van der Waals surface area contributed by atoms with Crippen LogP contribution < -0.4 is 15.4 Å². The van der Waals surface area contributed by atoms with Gasteiger partial charge in [-0.2, -0.15) is 0 Å². The molecule has 2 amide bonds. The molecule has 0 bridgehead atoms. The van der Waals surface area contributed by atoms with E-state index in [1.54, 1.807) is 25.4 Å². The van der Waals surface area contributed by atoms with Gasteiger partial charge in [0.2, 0.25) is 5.75 Å². The average molecular weight is 432 g/mol. The zero-order valence-corrected chi connectivity index (χ0v) is 17.1. The molecule has 0 radical (unpaired) electrons. The first-order valence-corrected chi connectivity index (χ1v) is 9.91. The van der Waals surface area contributed by atoms with Gasteiger partial charge >= 0.3 is 11.7 Å². The lowest BCUT2D eigenvalue weighted by Crippen LogP contribution is -2.43. The van der Waals surface area contributed by atoms with E-state index in [1.807, 2.05) is 36.4 Å². The molecule has 2 heterocycles. The van der Waals surface area contributed by atoms with Crippen molar-refractivity contribution in [1.29, 1.82) is 0 Å². The number of benzene rings is 2. The molecule has 1 aliphatic heterocycles.